The van der Waals surface area contributed by atoms with E-state index < -0.39 is 0 Å². The standard InChI is InChI=1S/C45H88O4S2/c1-5-7-9-11-13-15-17-19-21-23-25-27-29-31-33-50-41(3)35-43-46-37-45(38-47-43)39-48-44(49-40-45)36-42(4)51-34-32-30-28-26-24-22-20-18-16-14-12-10-8-6-2/h41-44H,5-40H2,1-4H3. The van der Waals surface area contributed by atoms with E-state index in [1.807, 2.05) is 0 Å². The Morgan fingerprint density at radius 3 is 0.882 bits per heavy atom. The Morgan fingerprint density at radius 2 is 0.627 bits per heavy atom. The average Bonchev–Trinajstić information content (AvgIpc) is 3.13. The molecule has 304 valence electrons. The lowest BCUT2D eigenvalue weighted by Crippen LogP contribution is -2.52. The summed E-state index contributed by atoms with van der Waals surface area (Å²) in [7, 11) is 0. The molecule has 2 aliphatic heterocycles. The Bertz CT molecular complexity index is 659. The lowest BCUT2D eigenvalue weighted by molar-refractivity contribution is -0.303. The van der Waals surface area contributed by atoms with Crippen LogP contribution in [0.2, 0.25) is 0 Å². The van der Waals surface area contributed by atoms with Gasteiger partial charge in [0.1, 0.15) is 0 Å². The van der Waals surface area contributed by atoms with Crippen molar-refractivity contribution in [3.63, 3.8) is 0 Å². The second-order valence-corrected chi connectivity index (χ2v) is 19.7. The van der Waals surface area contributed by atoms with E-state index in [2.05, 4.69) is 51.2 Å². The van der Waals surface area contributed by atoms with Gasteiger partial charge in [-0.2, -0.15) is 23.5 Å². The number of hydrogen-bond donors (Lipinski definition) is 0. The summed E-state index contributed by atoms with van der Waals surface area (Å²) in [6.07, 6.45) is 41.6. The fourth-order valence-electron chi connectivity index (χ4n) is 7.54. The summed E-state index contributed by atoms with van der Waals surface area (Å²) in [5.74, 6) is 2.52. The molecule has 6 heteroatoms. The van der Waals surface area contributed by atoms with Crippen molar-refractivity contribution in [2.45, 2.75) is 243 Å². The molecular weight excluding hydrogens is 669 g/mol. The Morgan fingerprint density at radius 1 is 0.392 bits per heavy atom. The third kappa shape index (κ3) is 26.9. The first-order valence-corrected chi connectivity index (χ1v) is 24.9. The molecule has 0 aromatic rings. The molecule has 2 fully saturated rings. The highest BCUT2D eigenvalue weighted by atomic mass is 32.2. The number of unbranched alkanes of at least 4 members (excludes halogenated alkanes) is 26. The first-order chi connectivity index (χ1) is 25.1. The molecule has 0 amide bonds. The monoisotopic (exact) mass is 757 g/mol. The van der Waals surface area contributed by atoms with E-state index in [1.54, 1.807) is 0 Å². The SMILES string of the molecule is CCCCCCCCCCCCCCCCSC(C)CC1OCC2(CO1)COC(CC(C)SCCCCCCCCCCCCCCCC)OC2. The van der Waals surface area contributed by atoms with Crippen LogP contribution in [0, 0.1) is 5.41 Å². The average molecular weight is 757 g/mol. The van der Waals surface area contributed by atoms with Gasteiger partial charge >= 0.3 is 0 Å². The minimum absolute atomic E-state index is 0.0847. The molecule has 0 saturated carbocycles. The molecule has 2 saturated heterocycles. The van der Waals surface area contributed by atoms with Crippen LogP contribution in [0.5, 0.6) is 0 Å². The molecule has 0 N–H and O–H groups in total. The zero-order chi connectivity index (χ0) is 36.5. The molecule has 2 atom stereocenters. The maximum atomic E-state index is 6.22. The van der Waals surface area contributed by atoms with Crippen molar-refractivity contribution in [1.29, 1.82) is 0 Å². The van der Waals surface area contributed by atoms with Gasteiger partial charge < -0.3 is 18.9 Å². The van der Waals surface area contributed by atoms with E-state index in [4.69, 9.17) is 18.9 Å². The quantitative estimate of drug-likeness (QED) is 0.0593. The highest BCUT2D eigenvalue weighted by Gasteiger charge is 2.42. The first kappa shape index (κ1) is 47.7. The van der Waals surface area contributed by atoms with Crippen LogP contribution >= 0.6 is 23.5 Å². The third-order valence-corrected chi connectivity index (χ3v) is 13.7. The van der Waals surface area contributed by atoms with E-state index >= 15 is 0 Å². The van der Waals surface area contributed by atoms with Crippen molar-refractivity contribution < 1.29 is 18.9 Å². The molecule has 0 aromatic carbocycles. The Labute approximate surface area is 327 Å². The normalized spacial score (nSPS) is 22.1. The summed E-state index contributed by atoms with van der Waals surface area (Å²) in [4.78, 5) is 0. The molecule has 2 rings (SSSR count). The van der Waals surface area contributed by atoms with Gasteiger partial charge in [0.2, 0.25) is 0 Å². The van der Waals surface area contributed by atoms with E-state index in [0.29, 0.717) is 36.9 Å². The summed E-state index contributed by atoms with van der Waals surface area (Å²) < 4.78 is 24.9. The number of rotatable bonds is 36. The molecule has 2 heterocycles. The van der Waals surface area contributed by atoms with Gasteiger partial charge in [-0.25, -0.2) is 0 Å². The van der Waals surface area contributed by atoms with Crippen LogP contribution in [-0.2, 0) is 18.9 Å². The summed E-state index contributed by atoms with van der Waals surface area (Å²) in [6.45, 7) is 12.0. The fraction of sp³-hybridized carbons (Fsp3) is 1.00. The van der Waals surface area contributed by atoms with Crippen LogP contribution in [0.1, 0.15) is 220 Å². The van der Waals surface area contributed by atoms with Gasteiger partial charge in [0, 0.05) is 23.3 Å². The molecule has 0 aliphatic carbocycles. The Kier molecular flexibility index (Phi) is 31.6. The van der Waals surface area contributed by atoms with Gasteiger partial charge in [0.25, 0.3) is 0 Å². The van der Waals surface area contributed by atoms with E-state index in [0.717, 1.165) is 12.8 Å². The Hall–Kier alpha value is 0.540. The minimum Gasteiger partial charge on any atom is -0.352 e. The van der Waals surface area contributed by atoms with Crippen LogP contribution in [0.3, 0.4) is 0 Å². The van der Waals surface area contributed by atoms with Gasteiger partial charge in [0.05, 0.1) is 31.8 Å². The van der Waals surface area contributed by atoms with Gasteiger partial charge in [-0.3, -0.25) is 0 Å². The fourth-order valence-corrected chi connectivity index (χ4v) is 9.67. The minimum atomic E-state index is -0.137. The van der Waals surface area contributed by atoms with Gasteiger partial charge in [-0.05, 0) is 24.3 Å². The van der Waals surface area contributed by atoms with Crippen LogP contribution in [0.4, 0.5) is 0 Å². The predicted octanol–water partition coefficient (Wildman–Crippen LogP) is 14.7. The van der Waals surface area contributed by atoms with Crippen molar-refractivity contribution in [2.24, 2.45) is 5.41 Å². The smallest absolute Gasteiger partial charge is 0.158 e. The van der Waals surface area contributed by atoms with Crippen molar-refractivity contribution in [2.75, 3.05) is 37.9 Å². The van der Waals surface area contributed by atoms with E-state index in [9.17, 15) is 0 Å². The first-order valence-electron chi connectivity index (χ1n) is 22.8. The summed E-state index contributed by atoms with van der Waals surface area (Å²) >= 11 is 4.18. The second-order valence-electron chi connectivity index (χ2n) is 16.6. The molecule has 4 nitrogen and oxygen atoms in total. The second kappa shape index (κ2) is 33.8. The maximum absolute atomic E-state index is 6.22. The van der Waals surface area contributed by atoms with Crippen molar-refractivity contribution in [3.05, 3.63) is 0 Å². The lowest BCUT2D eigenvalue weighted by atomic mass is 9.90. The zero-order valence-electron chi connectivity index (χ0n) is 34.7. The van der Waals surface area contributed by atoms with Crippen LogP contribution < -0.4 is 0 Å². The molecule has 51 heavy (non-hydrogen) atoms. The van der Waals surface area contributed by atoms with Gasteiger partial charge in [-0.1, -0.05) is 195 Å². The summed E-state index contributed by atoms with van der Waals surface area (Å²) in [5, 5.41) is 1.13. The van der Waals surface area contributed by atoms with Gasteiger partial charge in [0.15, 0.2) is 12.6 Å². The molecule has 0 radical (unpaired) electrons. The summed E-state index contributed by atoms with van der Waals surface area (Å²) in [5.41, 5.74) is -0.137. The largest absolute Gasteiger partial charge is 0.352 e. The Balaban J connectivity index is 1.35. The van der Waals surface area contributed by atoms with Crippen molar-refractivity contribution >= 4 is 23.5 Å². The molecule has 1 spiro atoms. The number of thioether (sulfide) groups is 2. The van der Waals surface area contributed by atoms with Gasteiger partial charge in [-0.15, -0.1) is 0 Å². The van der Waals surface area contributed by atoms with E-state index in [-0.39, 0.29) is 18.0 Å². The lowest BCUT2D eigenvalue weighted by Gasteiger charge is -2.44. The maximum Gasteiger partial charge on any atom is 0.158 e. The van der Waals surface area contributed by atoms with Crippen LogP contribution in [0.15, 0.2) is 0 Å². The van der Waals surface area contributed by atoms with Crippen LogP contribution in [0.25, 0.3) is 0 Å². The molecule has 2 aliphatic rings. The van der Waals surface area contributed by atoms with E-state index in [1.165, 1.54) is 191 Å². The predicted molar refractivity (Wildman–Crippen MR) is 228 cm³/mol. The van der Waals surface area contributed by atoms with Crippen molar-refractivity contribution in [3.8, 4) is 0 Å². The third-order valence-electron chi connectivity index (χ3n) is 11.2. The van der Waals surface area contributed by atoms with Crippen molar-refractivity contribution in [1.82, 2.24) is 0 Å². The highest BCUT2D eigenvalue weighted by molar-refractivity contribution is 8.00. The molecular formula is C45H88O4S2. The number of hydrogen-bond acceptors (Lipinski definition) is 6. The zero-order valence-corrected chi connectivity index (χ0v) is 36.3. The highest BCUT2D eigenvalue weighted by Crippen LogP contribution is 2.34. The van der Waals surface area contributed by atoms with Crippen LogP contribution in [-0.4, -0.2) is 61.0 Å². The molecule has 0 aromatic heterocycles. The summed E-state index contributed by atoms with van der Waals surface area (Å²) in [6, 6.07) is 0. The molecule has 2 unspecified atom stereocenters. The molecule has 0 bridgehead atoms. The topological polar surface area (TPSA) is 36.9 Å². The number of ether oxygens (including phenoxy) is 4.